The fraction of sp³-hybridized carbons (Fsp3) is 0.448. The first-order valence-electron chi connectivity index (χ1n) is 13.0. The summed E-state index contributed by atoms with van der Waals surface area (Å²) in [7, 11) is 4.28. The molecule has 0 aliphatic heterocycles. The van der Waals surface area contributed by atoms with Gasteiger partial charge in [0.05, 0.1) is 0 Å². The molecule has 0 radical (unpaired) electrons. The van der Waals surface area contributed by atoms with Crippen LogP contribution in [0, 0.1) is 5.92 Å². The Hall–Kier alpha value is -3.52. The van der Waals surface area contributed by atoms with E-state index in [1.807, 2.05) is 19.1 Å². The maximum atomic E-state index is 12.7. The topological polar surface area (TPSA) is 95.1 Å². The molecule has 8 heteroatoms. The van der Waals surface area contributed by atoms with Gasteiger partial charge < -0.3 is 20.9 Å². The zero-order valence-electron chi connectivity index (χ0n) is 22.9. The van der Waals surface area contributed by atoms with Crippen molar-refractivity contribution < 1.29 is 4.79 Å². The molecule has 1 aliphatic carbocycles. The zero-order chi connectivity index (χ0) is 26.6. The van der Waals surface area contributed by atoms with Gasteiger partial charge in [-0.25, -0.2) is 4.98 Å². The van der Waals surface area contributed by atoms with Gasteiger partial charge in [0.2, 0.25) is 5.95 Å². The molecular formula is C29H39N7O. The highest BCUT2D eigenvalue weighted by Gasteiger charge is 2.21. The first-order valence-corrected chi connectivity index (χ1v) is 13.0. The van der Waals surface area contributed by atoms with E-state index in [0.717, 1.165) is 36.5 Å². The van der Waals surface area contributed by atoms with E-state index in [-0.39, 0.29) is 11.3 Å². The molecule has 37 heavy (non-hydrogen) atoms. The smallest absolute Gasteiger partial charge is 0.256 e. The molecule has 0 saturated heterocycles. The van der Waals surface area contributed by atoms with Crippen LogP contribution in [0.2, 0.25) is 0 Å². The SMILES string of the molecule is CCNC(=O)c1cnc(Nc2ccc3c(c2)CCC(CN(C)C)C3)nc1Nc1ccnc(C(C)(C)C)c1. The molecule has 0 fully saturated rings. The Morgan fingerprint density at radius 2 is 1.84 bits per heavy atom. The number of aromatic nitrogens is 3. The second-order valence-electron chi connectivity index (χ2n) is 11.1. The van der Waals surface area contributed by atoms with E-state index in [9.17, 15) is 4.79 Å². The number of amides is 1. The molecule has 2 aromatic heterocycles. The predicted octanol–water partition coefficient (Wildman–Crippen LogP) is 5.07. The normalized spacial score (nSPS) is 15.3. The summed E-state index contributed by atoms with van der Waals surface area (Å²) in [4.78, 5) is 28.7. The van der Waals surface area contributed by atoms with Gasteiger partial charge in [0.15, 0.2) is 0 Å². The number of rotatable bonds is 8. The third-order valence-corrected chi connectivity index (χ3v) is 6.58. The number of hydrogen-bond donors (Lipinski definition) is 3. The van der Waals surface area contributed by atoms with Gasteiger partial charge in [0.25, 0.3) is 5.91 Å². The minimum Gasteiger partial charge on any atom is -0.352 e. The number of aryl methyl sites for hydroxylation is 1. The molecule has 0 spiro atoms. The van der Waals surface area contributed by atoms with Crippen molar-refractivity contribution in [3.05, 3.63) is 65.1 Å². The van der Waals surface area contributed by atoms with Crippen LogP contribution in [-0.4, -0.2) is 52.9 Å². The number of carbonyl (C=O) groups is 1. The van der Waals surface area contributed by atoms with Gasteiger partial charge in [-0.3, -0.25) is 9.78 Å². The van der Waals surface area contributed by atoms with E-state index in [0.29, 0.717) is 29.8 Å². The van der Waals surface area contributed by atoms with Crippen LogP contribution >= 0.6 is 0 Å². The van der Waals surface area contributed by atoms with Gasteiger partial charge in [0.1, 0.15) is 11.4 Å². The van der Waals surface area contributed by atoms with Crippen molar-refractivity contribution in [2.24, 2.45) is 5.92 Å². The lowest BCUT2D eigenvalue weighted by Crippen LogP contribution is -2.26. The minimum atomic E-state index is -0.220. The molecule has 2 heterocycles. The maximum absolute atomic E-state index is 12.7. The van der Waals surface area contributed by atoms with E-state index in [4.69, 9.17) is 4.98 Å². The van der Waals surface area contributed by atoms with Crippen molar-refractivity contribution in [1.82, 2.24) is 25.2 Å². The standard InChI is InChI=1S/C29H39N7O/c1-7-30-27(37)24-17-32-28(35-26(24)33-23-12-13-31-25(16-23)29(2,3)4)34-22-11-10-20-14-19(18-36(5)6)8-9-21(20)15-22/h10-13,15-17,19H,7-9,14,18H2,1-6H3,(H,30,37)(H2,31,32,33,34,35). The largest absolute Gasteiger partial charge is 0.352 e. The molecule has 3 aromatic rings. The Morgan fingerprint density at radius 3 is 2.57 bits per heavy atom. The summed E-state index contributed by atoms with van der Waals surface area (Å²) in [6.45, 7) is 9.88. The second-order valence-corrected chi connectivity index (χ2v) is 11.1. The summed E-state index contributed by atoms with van der Waals surface area (Å²) in [5, 5.41) is 9.52. The maximum Gasteiger partial charge on any atom is 0.256 e. The first-order chi connectivity index (χ1) is 17.6. The summed E-state index contributed by atoms with van der Waals surface area (Å²) in [5.41, 5.74) is 5.80. The van der Waals surface area contributed by atoms with Crippen LogP contribution in [0.3, 0.4) is 0 Å². The van der Waals surface area contributed by atoms with Crippen LogP contribution in [0.15, 0.2) is 42.7 Å². The third kappa shape index (κ3) is 6.83. The lowest BCUT2D eigenvalue weighted by Gasteiger charge is -2.27. The monoisotopic (exact) mass is 501 g/mol. The van der Waals surface area contributed by atoms with Crippen molar-refractivity contribution >= 4 is 29.0 Å². The zero-order valence-corrected chi connectivity index (χ0v) is 22.9. The molecule has 0 bridgehead atoms. The number of fused-ring (bicyclic) bond motifs is 1. The van der Waals surface area contributed by atoms with E-state index < -0.39 is 0 Å². The lowest BCUT2D eigenvalue weighted by molar-refractivity contribution is 0.0956. The first kappa shape index (κ1) is 26.5. The van der Waals surface area contributed by atoms with Crippen LogP contribution in [0.4, 0.5) is 23.1 Å². The summed E-state index contributed by atoms with van der Waals surface area (Å²) in [5.74, 6) is 1.36. The van der Waals surface area contributed by atoms with E-state index in [2.05, 4.69) is 83.9 Å². The van der Waals surface area contributed by atoms with Crippen LogP contribution in [0.5, 0.6) is 0 Å². The molecule has 8 nitrogen and oxygen atoms in total. The highest BCUT2D eigenvalue weighted by atomic mass is 16.1. The molecule has 0 saturated carbocycles. The highest BCUT2D eigenvalue weighted by Crippen LogP contribution is 2.30. The Labute approximate surface area is 220 Å². The number of benzene rings is 1. The van der Waals surface area contributed by atoms with Gasteiger partial charge in [0, 0.05) is 48.0 Å². The Balaban J connectivity index is 1.58. The molecule has 1 amide bonds. The molecule has 1 aliphatic rings. The Bertz CT molecular complexity index is 1250. The fourth-order valence-electron chi connectivity index (χ4n) is 4.72. The van der Waals surface area contributed by atoms with E-state index in [1.165, 1.54) is 17.5 Å². The number of carbonyl (C=O) groups excluding carboxylic acids is 1. The van der Waals surface area contributed by atoms with E-state index >= 15 is 0 Å². The van der Waals surface area contributed by atoms with Gasteiger partial charge in [-0.15, -0.1) is 0 Å². The van der Waals surface area contributed by atoms with Gasteiger partial charge in [-0.05, 0) is 81.6 Å². The van der Waals surface area contributed by atoms with Gasteiger partial charge >= 0.3 is 0 Å². The molecule has 3 N–H and O–H groups in total. The molecule has 1 unspecified atom stereocenters. The van der Waals surface area contributed by atoms with Crippen molar-refractivity contribution in [2.75, 3.05) is 37.8 Å². The molecule has 1 atom stereocenters. The average molecular weight is 502 g/mol. The summed E-state index contributed by atoms with van der Waals surface area (Å²) in [6.07, 6.45) is 6.72. The summed E-state index contributed by atoms with van der Waals surface area (Å²) >= 11 is 0. The Kier molecular flexibility index (Phi) is 8.07. The van der Waals surface area contributed by atoms with Crippen LogP contribution < -0.4 is 16.0 Å². The van der Waals surface area contributed by atoms with Crippen LogP contribution in [0.25, 0.3) is 0 Å². The number of pyridine rings is 1. The highest BCUT2D eigenvalue weighted by molar-refractivity contribution is 5.99. The molecule has 1 aromatic carbocycles. The average Bonchev–Trinajstić information content (AvgIpc) is 2.84. The molecule has 4 rings (SSSR count). The quantitative estimate of drug-likeness (QED) is 0.396. The number of nitrogens with zero attached hydrogens (tertiary/aromatic N) is 4. The fourth-order valence-corrected chi connectivity index (χ4v) is 4.72. The summed E-state index contributed by atoms with van der Waals surface area (Å²) < 4.78 is 0. The number of hydrogen-bond acceptors (Lipinski definition) is 7. The van der Waals surface area contributed by atoms with Crippen LogP contribution in [0.1, 0.15) is 61.3 Å². The van der Waals surface area contributed by atoms with Crippen molar-refractivity contribution in [3.63, 3.8) is 0 Å². The molecule has 196 valence electrons. The van der Waals surface area contributed by atoms with Crippen molar-refractivity contribution in [2.45, 2.75) is 52.4 Å². The van der Waals surface area contributed by atoms with Crippen LogP contribution in [-0.2, 0) is 18.3 Å². The number of nitrogens with one attached hydrogen (secondary N) is 3. The molecular weight excluding hydrogens is 462 g/mol. The predicted molar refractivity (Wildman–Crippen MR) is 150 cm³/mol. The minimum absolute atomic E-state index is 0.0998. The Morgan fingerprint density at radius 1 is 1.05 bits per heavy atom. The van der Waals surface area contributed by atoms with Gasteiger partial charge in [-0.2, -0.15) is 4.98 Å². The second kappa shape index (κ2) is 11.3. The third-order valence-electron chi connectivity index (χ3n) is 6.58. The van der Waals surface area contributed by atoms with Crippen molar-refractivity contribution in [3.8, 4) is 0 Å². The summed E-state index contributed by atoms with van der Waals surface area (Å²) in [6, 6.07) is 10.4. The lowest BCUT2D eigenvalue weighted by atomic mass is 9.83. The van der Waals surface area contributed by atoms with Gasteiger partial charge in [-0.1, -0.05) is 26.8 Å². The van der Waals surface area contributed by atoms with E-state index in [1.54, 1.807) is 12.4 Å². The number of anilines is 4. The van der Waals surface area contributed by atoms with Crippen molar-refractivity contribution in [1.29, 1.82) is 0 Å².